The van der Waals surface area contributed by atoms with Gasteiger partial charge in [0.15, 0.2) is 0 Å². The summed E-state index contributed by atoms with van der Waals surface area (Å²) >= 11 is 1.65. The Kier molecular flexibility index (Phi) is 4.99. The predicted molar refractivity (Wildman–Crippen MR) is 72.6 cm³/mol. The van der Waals surface area contributed by atoms with Gasteiger partial charge in [0, 0.05) is 18.5 Å². The normalized spacial score (nSPS) is 10.3. The Balaban J connectivity index is 1.75. The lowest BCUT2D eigenvalue weighted by Crippen LogP contribution is -2.02. The Bertz CT molecular complexity index is 479. The van der Waals surface area contributed by atoms with Crippen molar-refractivity contribution in [2.45, 2.75) is 11.6 Å². The van der Waals surface area contributed by atoms with Gasteiger partial charge in [0.1, 0.15) is 12.1 Å². The van der Waals surface area contributed by atoms with Crippen molar-refractivity contribution in [2.24, 2.45) is 5.73 Å². The van der Waals surface area contributed by atoms with E-state index in [0.29, 0.717) is 13.2 Å². The largest absolute Gasteiger partial charge is 0.493 e. The zero-order valence-corrected chi connectivity index (χ0v) is 10.8. The van der Waals surface area contributed by atoms with Crippen LogP contribution in [0.2, 0.25) is 0 Å². The molecule has 2 rings (SSSR count). The van der Waals surface area contributed by atoms with E-state index < -0.39 is 0 Å². The molecule has 94 valence electrons. The second-order valence-corrected chi connectivity index (χ2v) is 4.71. The van der Waals surface area contributed by atoms with Crippen molar-refractivity contribution >= 4 is 11.8 Å². The third kappa shape index (κ3) is 4.01. The number of thioether (sulfide) groups is 1. The Hall–Kier alpha value is -1.59. The number of benzene rings is 1. The number of aromatic nitrogens is 2. The first kappa shape index (κ1) is 12.9. The molecule has 4 nitrogen and oxygen atoms in total. The summed E-state index contributed by atoms with van der Waals surface area (Å²) in [6.45, 7) is 1.18. The third-order valence-electron chi connectivity index (χ3n) is 2.29. The molecular formula is C13H15N3OS. The predicted octanol–water partition coefficient (Wildman–Crippen LogP) is 2.11. The van der Waals surface area contributed by atoms with E-state index >= 15 is 0 Å². The fourth-order valence-electron chi connectivity index (χ4n) is 1.43. The average molecular weight is 261 g/mol. The fourth-order valence-corrected chi connectivity index (χ4v) is 2.09. The van der Waals surface area contributed by atoms with Crippen LogP contribution in [0.5, 0.6) is 5.75 Å². The van der Waals surface area contributed by atoms with Crippen molar-refractivity contribution < 1.29 is 4.74 Å². The quantitative estimate of drug-likeness (QED) is 0.490. The Morgan fingerprint density at radius 2 is 2.22 bits per heavy atom. The van der Waals surface area contributed by atoms with Crippen LogP contribution in [0.4, 0.5) is 0 Å². The van der Waals surface area contributed by atoms with Gasteiger partial charge in [0.2, 0.25) is 0 Å². The minimum atomic E-state index is 0.535. The monoisotopic (exact) mass is 261 g/mol. The third-order valence-corrected chi connectivity index (χ3v) is 3.20. The van der Waals surface area contributed by atoms with Crippen LogP contribution in [0.25, 0.3) is 0 Å². The summed E-state index contributed by atoms with van der Waals surface area (Å²) in [5.41, 5.74) is 6.66. The van der Waals surface area contributed by atoms with E-state index in [0.717, 1.165) is 22.1 Å². The standard InChI is InChI=1S/C13H15N3OS/c14-9-11-2-1-3-12(8-11)17-6-7-18-13-4-5-15-10-16-13/h1-5,8,10H,6-7,9,14H2. The summed E-state index contributed by atoms with van der Waals surface area (Å²) in [5.74, 6) is 1.71. The highest BCUT2D eigenvalue weighted by Crippen LogP contribution is 2.16. The van der Waals surface area contributed by atoms with Crippen LogP contribution in [-0.4, -0.2) is 22.3 Å². The molecule has 0 fully saturated rings. The number of rotatable bonds is 6. The molecule has 0 aliphatic rings. The van der Waals surface area contributed by atoms with E-state index in [1.165, 1.54) is 0 Å². The van der Waals surface area contributed by atoms with E-state index in [2.05, 4.69) is 9.97 Å². The first-order valence-corrected chi connectivity index (χ1v) is 6.67. The van der Waals surface area contributed by atoms with Crippen LogP contribution in [-0.2, 0) is 6.54 Å². The smallest absolute Gasteiger partial charge is 0.119 e. The fraction of sp³-hybridized carbons (Fsp3) is 0.231. The topological polar surface area (TPSA) is 61.0 Å². The lowest BCUT2D eigenvalue weighted by Gasteiger charge is -2.06. The number of nitrogens with zero attached hydrogens (tertiary/aromatic N) is 2. The van der Waals surface area contributed by atoms with Gasteiger partial charge in [-0.25, -0.2) is 9.97 Å². The molecule has 18 heavy (non-hydrogen) atoms. The maximum atomic E-state index is 5.65. The van der Waals surface area contributed by atoms with Gasteiger partial charge in [-0.1, -0.05) is 12.1 Å². The first-order valence-electron chi connectivity index (χ1n) is 5.69. The van der Waals surface area contributed by atoms with Crippen molar-refractivity contribution in [2.75, 3.05) is 12.4 Å². The van der Waals surface area contributed by atoms with Crippen LogP contribution >= 0.6 is 11.8 Å². The molecular weight excluding hydrogens is 246 g/mol. The molecule has 0 atom stereocenters. The molecule has 0 saturated carbocycles. The molecule has 1 aromatic carbocycles. The van der Waals surface area contributed by atoms with Crippen molar-refractivity contribution in [3.63, 3.8) is 0 Å². The summed E-state index contributed by atoms with van der Waals surface area (Å²) in [4.78, 5) is 8.00. The molecule has 0 aliphatic heterocycles. The molecule has 0 unspecified atom stereocenters. The van der Waals surface area contributed by atoms with Crippen LogP contribution in [0.1, 0.15) is 5.56 Å². The van der Waals surface area contributed by atoms with Gasteiger partial charge in [-0.3, -0.25) is 0 Å². The van der Waals surface area contributed by atoms with Gasteiger partial charge < -0.3 is 10.5 Å². The lowest BCUT2D eigenvalue weighted by molar-refractivity contribution is 0.343. The van der Waals surface area contributed by atoms with Crippen LogP contribution in [0.3, 0.4) is 0 Å². The molecule has 5 heteroatoms. The minimum Gasteiger partial charge on any atom is -0.493 e. The summed E-state index contributed by atoms with van der Waals surface area (Å²) in [5, 5.41) is 0.962. The Labute approximate surface area is 111 Å². The molecule has 1 heterocycles. The molecule has 0 radical (unpaired) electrons. The van der Waals surface area contributed by atoms with Crippen molar-refractivity contribution in [1.82, 2.24) is 9.97 Å². The molecule has 0 saturated heterocycles. The zero-order chi connectivity index (χ0) is 12.6. The summed E-state index contributed by atoms with van der Waals surface area (Å²) in [7, 11) is 0. The van der Waals surface area contributed by atoms with Gasteiger partial charge in [0.25, 0.3) is 0 Å². The Morgan fingerprint density at radius 3 is 3.00 bits per heavy atom. The molecule has 0 bridgehead atoms. The SMILES string of the molecule is NCc1cccc(OCCSc2ccncn2)c1. The second-order valence-electron chi connectivity index (χ2n) is 3.60. The van der Waals surface area contributed by atoms with Crippen LogP contribution in [0.15, 0.2) is 47.9 Å². The maximum Gasteiger partial charge on any atom is 0.119 e. The highest BCUT2D eigenvalue weighted by atomic mass is 32.2. The van der Waals surface area contributed by atoms with Gasteiger partial charge in [0.05, 0.1) is 11.6 Å². The van der Waals surface area contributed by atoms with Crippen LogP contribution < -0.4 is 10.5 Å². The average Bonchev–Trinajstić information content (AvgIpc) is 2.45. The van der Waals surface area contributed by atoms with Gasteiger partial charge in [-0.05, 0) is 23.8 Å². The molecule has 0 spiro atoms. The highest BCUT2D eigenvalue weighted by molar-refractivity contribution is 7.99. The molecule has 1 aromatic heterocycles. The van der Waals surface area contributed by atoms with Crippen molar-refractivity contribution in [3.8, 4) is 5.75 Å². The number of hydrogen-bond acceptors (Lipinski definition) is 5. The summed E-state index contributed by atoms with van der Waals surface area (Å²) in [6, 6.07) is 9.74. The molecule has 0 amide bonds. The van der Waals surface area contributed by atoms with Crippen molar-refractivity contribution in [1.29, 1.82) is 0 Å². The van der Waals surface area contributed by atoms with Gasteiger partial charge >= 0.3 is 0 Å². The van der Waals surface area contributed by atoms with Crippen LogP contribution in [0, 0.1) is 0 Å². The molecule has 0 aliphatic carbocycles. The molecule has 2 N–H and O–H groups in total. The van der Waals surface area contributed by atoms with E-state index in [1.807, 2.05) is 30.3 Å². The van der Waals surface area contributed by atoms with E-state index in [-0.39, 0.29) is 0 Å². The number of nitrogens with two attached hydrogens (primary N) is 1. The van der Waals surface area contributed by atoms with E-state index in [9.17, 15) is 0 Å². The first-order chi connectivity index (χ1) is 8.88. The maximum absolute atomic E-state index is 5.65. The van der Waals surface area contributed by atoms with Crippen molar-refractivity contribution in [3.05, 3.63) is 48.4 Å². The zero-order valence-electron chi connectivity index (χ0n) is 9.95. The Morgan fingerprint density at radius 1 is 1.28 bits per heavy atom. The second kappa shape index (κ2) is 6.98. The number of hydrogen-bond donors (Lipinski definition) is 1. The molecule has 2 aromatic rings. The van der Waals surface area contributed by atoms with Gasteiger partial charge in [-0.15, -0.1) is 11.8 Å². The number of ether oxygens (including phenoxy) is 1. The van der Waals surface area contributed by atoms with E-state index in [1.54, 1.807) is 24.3 Å². The summed E-state index contributed by atoms with van der Waals surface area (Å²) < 4.78 is 5.65. The van der Waals surface area contributed by atoms with Gasteiger partial charge in [-0.2, -0.15) is 0 Å². The van der Waals surface area contributed by atoms with E-state index in [4.69, 9.17) is 10.5 Å². The lowest BCUT2D eigenvalue weighted by atomic mass is 10.2. The minimum absolute atomic E-state index is 0.535. The highest BCUT2D eigenvalue weighted by Gasteiger charge is 1.97. The summed E-state index contributed by atoms with van der Waals surface area (Å²) in [6.07, 6.45) is 3.29.